The summed E-state index contributed by atoms with van der Waals surface area (Å²) in [7, 11) is 0. The van der Waals surface area contributed by atoms with Gasteiger partial charge in [0.2, 0.25) is 5.91 Å². The minimum Gasteiger partial charge on any atom is -0.310 e. The number of carbonyl (C=O) groups is 1. The molecule has 1 aromatic carbocycles. The van der Waals surface area contributed by atoms with Crippen molar-refractivity contribution in [1.82, 2.24) is 9.38 Å². The van der Waals surface area contributed by atoms with Gasteiger partial charge in [0.05, 0.1) is 0 Å². The Kier molecular flexibility index (Phi) is 4.29. The molecule has 0 atom stereocenters. The smallest absolute Gasteiger partial charge is 0.226 e. The van der Waals surface area contributed by atoms with Crippen molar-refractivity contribution in [2.75, 3.05) is 5.32 Å². The number of rotatable bonds is 3. The number of imidazole rings is 1. The Morgan fingerprint density at radius 3 is 2.68 bits per heavy atom. The number of nitrogens with zero attached hydrogens (tertiary/aromatic N) is 2. The van der Waals surface area contributed by atoms with Crippen LogP contribution in [0.15, 0.2) is 42.6 Å². The van der Waals surface area contributed by atoms with Crippen molar-refractivity contribution in [2.24, 2.45) is 5.41 Å². The second-order valence-electron chi connectivity index (χ2n) is 7.15. The summed E-state index contributed by atoms with van der Waals surface area (Å²) in [6.45, 7) is 5.86. The molecule has 1 N–H and O–H groups in total. The van der Waals surface area contributed by atoms with Crippen molar-refractivity contribution >= 4 is 17.4 Å². The third kappa shape index (κ3) is 3.68. The van der Waals surface area contributed by atoms with Crippen LogP contribution in [0.4, 0.5) is 14.6 Å². The van der Waals surface area contributed by atoms with Crippen LogP contribution in [0.5, 0.6) is 0 Å². The summed E-state index contributed by atoms with van der Waals surface area (Å²) >= 11 is 0. The summed E-state index contributed by atoms with van der Waals surface area (Å²) in [6, 6.07) is 8.48. The molecular formula is C19H19F2N3O. The van der Waals surface area contributed by atoms with Crippen LogP contribution >= 0.6 is 0 Å². The van der Waals surface area contributed by atoms with Crippen molar-refractivity contribution < 1.29 is 13.6 Å². The number of hydrogen-bond donors (Lipinski definition) is 1. The highest BCUT2D eigenvalue weighted by atomic mass is 19.1. The highest BCUT2D eigenvalue weighted by Crippen LogP contribution is 2.32. The van der Waals surface area contributed by atoms with Crippen molar-refractivity contribution in [2.45, 2.75) is 27.2 Å². The van der Waals surface area contributed by atoms with Gasteiger partial charge in [-0.05, 0) is 35.7 Å². The first-order valence-corrected chi connectivity index (χ1v) is 7.97. The van der Waals surface area contributed by atoms with Crippen molar-refractivity contribution in [3.8, 4) is 11.3 Å². The van der Waals surface area contributed by atoms with Gasteiger partial charge < -0.3 is 5.32 Å². The maximum absolute atomic E-state index is 14.2. The van der Waals surface area contributed by atoms with Crippen LogP contribution in [0.25, 0.3) is 16.9 Å². The number of nitrogens with one attached hydrogen (secondary N) is 1. The van der Waals surface area contributed by atoms with Gasteiger partial charge in [-0.2, -0.15) is 0 Å². The molecule has 25 heavy (non-hydrogen) atoms. The molecule has 3 aromatic rings. The third-order valence-electron chi connectivity index (χ3n) is 3.66. The van der Waals surface area contributed by atoms with E-state index in [4.69, 9.17) is 0 Å². The lowest BCUT2D eigenvalue weighted by Crippen LogP contribution is -2.20. The van der Waals surface area contributed by atoms with Crippen LogP contribution in [-0.2, 0) is 4.79 Å². The molecule has 0 radical (unpaired) electrons. The van der Waals surface area contributed by atoms with Gasteiger partial charge in [0.25, 0.3) is 0 Å². The molecule has 0 fully saturated rings. The lowest BCUT2D eigenvalue weighted by Gasteiger charge is -2.17. The number of carbonyl (C=O) groups excluding carboxylic acids is 1. The summed E-state index contributed by atoms with van der Waals surface area (Å²) in [5, 5.41) is 2.81. The molecule has 0 aliphatic rings. The van der Waals surface area contributed by atoms with E-state index >= 15 is 0 Å². The van der Waals surface area contributed by atoms with Crippen LogP contribution in [-0.4, -0.2) is 15.3 Å². The second-order valence-corrected chi connectivity index (χ2v) is 7.15. The average Bonchev–Trinajstić information content (AvgIpc) is 2.86. The van der Waals surface area contributed by atoms with Gasteiger partial charge in [0.1, 0.15) is 28.8 Å². The molecule has 0 saturated carbocycles. The van der Waals surface area contributed by atoms with Crippen LogP contribution in [0.2, 0.25) is 0 Å². The monoisotopic (exact) mass is 343 g/mol. The van der Waals surface area contributed by atoms with E-state index in [1.807, 2.05) is 20.8 Å². The summed E-state index contributed by atoms with van der Waals surface area (Å²) in [6.07, 6.45) is 2.01. The first-order valence-electron chi connectivity index (χ1n) is 7.97. The van der Waals surface area contributed by atoms with E-state index in [1.165, 1.54) is 0 Å². The van der Waals surface area contributed by atoms with E-state index in [-0.39, 0.29) is 29.0 Å². The van der Waals surface area contributed by atoms with Crippen molar-refractivity contribution in [3.63, 3.8) is 0 Å². The van der Waals surface area contributed by atoms with Gasteiger partial charge in [-0.1, -0.05) is 26.8 Å². The molecule has 0 saturated heterocycles. The molecule has 0 aliphatic heterocycles. The Morgan fingerprint density at radius 2 is 1.96 bits per heavy atom. The molecule has 0 bridgehead atoms. The quantitative estimate of drug-likeness (QED) is 0.752. The van der Waals surface area contributed by atoms with E-state index in [2.05, 4.69) is 10.3 Å². The lowest BCUT2D eigenvalue weighted by atomic mass is 9.92. The first kappa shape index (κ1) is 17.1. The van der Waals surface area contributed by atoms with Crippen LogP contribution in [0.3, 0.4) is 0 Å². The van der Waals surface area contributed by atoms with Gasteiger partial charge in [0, 0.05) is 18.2 Å². The summed E-state index contributed by atoms with van der Waals surface area (Å²) in [5.74, 6) is -1.05. The number of pyridine rings is 1. The number of amides is 1. The van der Waals surface area contributed by atoms with Crippen LogP contribution in [0.1, 0.15) is 27.2 Å². The van der Waals surface area contributed by atoms with Crippen LogP contribution in [0, 0.1) is 17.0 Å². The average molecular weight is 343 g/mol. The third-order valence-corrected chi connectivity index (χ3v) is 3.66. The van der Waals surface area contributed by atoms with E-state index < -0.39 is 11.6 Å². The van der Waals surface area contributed by atoms with Gasteiger partial charge in [-0.15, -0.1) is 0 Å². The molecule has 3 rings (SSSR count). The van der Waals surface area contributed by atoms with Gasteiger partial charge in [0.15, 0.2) is 0 Å². The molecule has 1 amide bonds. The molecule has 2 aromatic heterocycles. The maximum atomic E-state index is 14.2. The van der Waals surface area contributed by atoms with E-state index in [1.54, 1.807) is 28.8 Å². The highest BCUT2D eigenvalue weighted by molar-refractivity contribution is 5.95. The highest BCUT2D eigenvalue weighted by Gasteiger charge is 2.22. The van der Waals surface area contributed by atoms with Gasteiger partial charge in [-0.25, -0.2) is 13.8 Å². The maximum Gasteiger partial charge on any atom is 0.226 e. The molecular weight excluding hydrogens is 324 g/mol. The summed E-state index contributed by atoms with van der Waals surface area (Å²) in [4.78, 5) is 16.8. The number of fused-ring (bicyclic) bond motifs is 1. The Labute approximate surface area is 144 Å². The van der Waals surface area contributed by atoms with E-state index in [9.17, 15) is 13.6 Å². The van der Waals surface area contributed by atoms with E-state index in [0.717, 1.165) is 18.2 Å². The number of anilines is 1. The Hall–Kier alpha value is -2.76. The molecule has 4 nitrogen and oxygen atoms in total. The molecule has 0 unspecified atom stereocenters. The molecule has 0 spiro atoms. The predicted molar refractivity (Wildman–Crippen MR) is 93.2 cm³/mol. The topological polar surface area (TPSA) is 46.4 Å². The fourth-order valence-corrected chi connectivity index (χ4v) is 2.64. The van der Waals surface area contributed by atoms with Crippen LogP contribution < -0.4 is 5.32 Å². The Morgan fingerprint density at radius 1 is 1.20 bits per heavy atom. The predicted octanol–water partition coefficient (Wildman–Crippen LogP) is 4.65. The fraction of sp³-hybridized carbons (Fsp3) is 0.263. The number of aromatic nitrogens is 2. The van der Waals surface area contributed by atoms with Gasteiger partial charge in [-0.3, -0.25) is 9.20 Å². The SMILES string of the molecule is CC(C)(C)CC(=O)Nc1c(-c2cc(F)ccc2F)nc2ccccn12. The zero-order valence-corrected chi connectivity index (χ0v) is 14.3. The fourth-order valence-electron chi connectivity index (χ4n) is 2.64. The molecule has 2 heterocycles. The number of benzene rings is 1. The largest absolute Gasteiger partial charge is 0.310 e. The molecule has 130 valence electrons. The minimum atomic E-state index is -0.601. The zero-order chi connectivity index (χ0) is 18.2. The number of halogens is 2. The standard InChI is InChI=1S/C19H19F2N3O/c1-19(2,3)11-16(25)23-18-17(13-10-12(20)7-8-14(13)21)22-15-6-4-5-9-24(15)18/h4-10H,11H2,1-3H3,(H,23,25). The summed E-state index contributed by atoms with van der Waals surface area (Å²) in [5.41, 5.74) is 0.543. The Bertz CT molecular complexity index is 941. The lowest BCUT2D eigenvalue weighted by molar-refractivity contribution is -0.117. The van der Waals surface area contributed by atoms with Crippen molar-refractivity contribution in [1.29, 1.82) is 0 Å². The summed E-state index contributed by atoms with van der Waals surface area (Å²) < 4.78 is 29.5. The van der Waals surface area contributed by atoms with Gasteiger partial charge >= 0.3 is 0 Å². The van der Waals surface area contributed by atoms with Crippen molar-refractivity contribution in [3.05, 3.63) is 54.2 Å². The Balaban J connectivity index is 2.12. The minimum absolute atomic E-state index is 0.00904. The number of hydrogen-bond acceptors (Lipinski definition) is 2. The molecule has 6 heteroatoms. The first-order chi connectivity index (χ1) is 11.7. The second kappa shape index (κ2) is 6.27. The zero-order valence-electron chi connectivity index (χ0n) is 14.3. The molecule has 0 aliphatic carbocycles. The normalized spacial score (nSPS) is 11.7. The van der Waals surface area contributed by atoms with E-state index in [0.29, 0.717) is 11.5 Å².